The molecular formula is C20H19F3N2O3S. The van der Waals surface area contributed by atoms with Crippen molar-refractivity contribution in [1.29, 1.82) is 0 Å². The fourth-order valence-corrected chi connectivity index (χ4v) is 3.83. The van der Waals surface area contributed by atoms with Crippen molar-refractivity contribution in [2.75, 3.05) is 17.2 Å². The predicted molar refractivity (Wildman–Crippen MR) is 105 cm³/mol. The van der Waals surface area contributed by atoms with Crippen LogP contribution in [-0.4, -0.2) is 23.7 Å². The van der Waals surface area contributed by atoms with Crippen molar-refractivity contribution >= 4 is 35.0 Å². The number of halogens is 3. The zero-order valence-corrected chi connectivity index (χ0v) is 16.3. The van der Waals surface area contributed by atoms with E-state index in [1.54, 1.807) is 24.3 Å². The maximum atomic E-state index is 12.8. The van der Waals surface area contributed by atoms with Gasteiger partial charge in [0.1, 0.15) is 5.75 Å². The quantitative estimate of drug-likeness (QED) is 0.690. The van der Waals surface area contributed by atoms with Crippen LogP contribution in [0.15, 0.2) is 47.4 Å². The second kappa shape index (κ2) is 8.77. The van der Waals surface area contributed by atoms with Gasteiger partial charge < -0.3 is 15.4 Å². The van der Waals surface area contributed by atoms with E-state index in [4.69, 9.17) is 4.74 Å². The first-order chi connectivity index (χ1) is 13.8. The smallest absolute Gasteiger partial charge is 0.416 e. The zero-order chi connectivity index (χ0) is 21.0. The molecule has 5 nitrogen and oxygen atoms in total. The van der Waals surface area contributed by atoms with Gasteiger partial charge in [0.05, 0.1) is 28.8 Å². The Kier molecular flexibility index (Phi) is 6.36. The average molecular weight is 424 g/mol. The molecule has 0 unspecified atom stereocenters. The van der Waals surface area contributed by atoms with Crippen molar-refractivity contribution in [3.8, 4) is 5.75 Å². The Morgan fingerprint density at radius 3 is 2.72 bits per heavy atom. The summed E-state index contributed by atoms with van der Waals surface area (Å²) in [6.07, 6.45) is -3.80. The normalized spacial score (nSPS) is 16.0. The first-order valence-electron chi connectivity index (χ1n) is 8.98. The van der Waals surface area contributed by atoms with Crippen molar-refractivity contribution < 1.29 is 27.5 Å². The van der Waals surface area contributed by atoms with E-state index in [0.717, 1.165) is 30.3 Å². The fourth-order valence-electron chi connectivity index (χ4n) is 2.74. The van der Waals surface area contributed by atoms with Gasteiger partial charge in [-0.15, -0.1) is 11.8 Å². The Morgan fingerprint density at radius 2 is 2.00 bits per heavy atom. The van der Waals surface area contributed by atoms with E-state index >= 15 is 0 Å². The van der Waals surface area contributed by atoms with E-state index in [9.17, 15) is 22.8 Å². The number of para-hydroxylation sites is 2. The van der Waals surface area contributed by atoms with Crippen molar-refractivity contribution in [1.82, 2.24) is 0 Å². The molecule has 0 aromatic heterocycles. The molecule has 2 aromatic carbocycles. The van der Waals surface area contributed by atoms with E-state index in [1.807, 2.05) is 6.92 Å². The average Bonchev–Trinajstić information content (AvgIpc) is 2.66. The fraction of sp³-hybridized carbons (Fsp3) is 0.300. The lowest BCUT2D eigenvalue weighted by Crippen LogP contribution is -2.32. The number of hydrogen-bond acceptors (Lipinski definition) is 4. The molecule has 154 valence electrons. The van der Waals surface area contributed by atoms with Crippen molar-refractivity contribution in [3.05, 3.63) is 48.0 Å². The third kappa shape index (κ3) is 5.23. The molecule has 0 saturated heterocycles. The second-order valence-corrected chi connectivity index (χ2v) is 7.65. The lowest BCUT2D eigenvalue weighted by molar-refractivity contribution is -0.137. The first-order valence-corrected chi connectivity index (χ1v) is 9.86. The van der Waals surface area contributed by atoms with Crippen LogP contribution < -0.4 is 15.4 Å². The highest BCUT2D eigenvalue weighted by Crippen LogP contribution is 2.40. The van der Waals surface area contributed by atoms with Crippen LogP contribution in [0.4, 0.5) is 24.5 Å². The molecule has 1 atom stereocenters. The molecule has 29 heavy (non-hydrogen) atoms. The molecule has 2 aromatic rings. The van der Waals surface area contributed by atoms with Crippen LogP contribution in [0, 0.1) is 0 Å². The van der Waals surface area contributed by atoms with Gasteiger partial charge in [0.15, 0.2) is 0 Å². The molecule has 0 bridgehead atoms. The molecule has 0 saturated carbocycles. The highest BCUT2D eigenvalue weighted by molar-refractivity contribution is 8.01. The maximum absolute atomic E-state index is 12.8. The molecule has 0 spiro atoms. The number of hydrogen-bond donors (Lipinski definition) is 2. The van der Waals surface area contributed by atoms with Crippen molar-refractivity contribution in [3.63, 3.8) is 0 Å². The minimum Gasteiger partial charge on any atom is -0.491 e. The van der Waals surface area contributed by atoms with E-state index < -0.39 is 22.9 Å². The SMILES string of the molecule is CCCOc1ccccc1NC(=O)C[C@H]1Sc2ccc(C(F)(F)F)cc2NC1=O. The summed E-state index contributed by atoms with van der Waals surface area (Å²) in [6.45, 7) is 2.47. The number of carbonyl (C=O) groups excluding carboxylic acids is 2. The van der Waals surface area contributed by atoms with Gasteiger partial charge in [0, 0.05) is 11.3 Å². The molecule has 0 fully saturated rings. The largest absolute Gasteiger partial charge is 0.491 e. The van der Waals surface area contributed by atoms with Gasteiger partial charge in [-0.3, -0.25) is 9.59 Å². The summed E-state index contributed by atoms with van der Waals surface area (Å²) in [6, 6.07) is 10.1. The number of ether oxygens (including phenoxy) is 1. The molecule has 2 N–H and O–H groups in total. The Balaban J connectivity index is 1.67. The third-order valence-electron chi connectivity index (χ3n) is 4.12. The molecule has 2 amide bonds. The van der Waals surface area contributed by atoms with E-state index in [-0.39, 0.29) is 18.0 Å². The lowest BCUT2D eigenvalue weighted by Gasteiger charge is -2.24. The topological polar surface area (TPSA) is 67.4 Å². The molecule has 3 rings (SSSR count). The molecule has 1 aliphatic rings. The van der Waals surface area contributed by atoms with Gasteiger partial charge in [0.25, 0.3) is 0 Å². The van der Waals surface area contributed by atoms with Crippen LogP contribution in [0.25, 0.3) is 0 Å². The standard InChI is InChI=1S/C20H19F3N2O3S/c1-2-9-28-15-6-4-3-5-13(15)24-18(26)11-17-19(27)25-14-10-12(20(21,22)23)7-8-16(14)29-17/h3-8,10,17H,2,9,11H2,1H3,(H,24,26)(H,25,27)/t17-/m1/s1. The summed E-state index contributed by atoms with van der Waals surface area (Å²) in [5.41, 5.74) is -0.232. The minimum atomic E-state index is -4.49. The Bertz CT molecular complexity index is 918. The number of fused-ring (bicyclic) bond motifs is 1. The van der Waals surface area contributed by atoms with E-state index in [1.165, 1.54) is 6.07 Å². The van der Waals surface area contributed by atoms with E-state index in [2.05, 4.69) is 10.6 Å². The molecule has 1 heterocycles. The van der Waals surface area contributed by atoms with Gasteiger partial charge in [-0.1, -0.05) is 19.1 Å². The van der Waals surface area contributed by atoms with E-state index in [0.29, 0.717) is 22.9 Å². The number of nitrogens with one attached hydrogen (secondary N) is 2. The molecule has 1 aliphatic heterocycles. The summed E-state index contributed by atoms with van der Waals surface area (Å²) < 4.78 is 44.1. The summed E-state index contributed by atoms with van der Waals surface area (Å²) in [7, 11) is 0. The second-order valence-electron chi connectivity index (χ2n) is 6.40. The minimum absolute atomic E-state index is 0.102. The molecule has 9 heteroatoms. The Labute approximate surface area is 170 Å². The summed E-state index contributed by atoms with van der Waals surface area (Å²) in [5.74, 6) is -0.360. The van der Waals surface area contributed by atoms with Crippen LogP contribution in [0.2, 0.25) is 0 Å². The number of alkyl halides is 3. The summed E-state index contributed by atoms with van der Waals surface area (Å²) in [5, 5.41) is 4.45. The van der Waals surface area contributed by atoms with Crippen molar-refractivity contribution in [2.24, 2.45) is 0 Å². The van der Waals surface area contributed by atoms with Crippen LogP contribution in [-0.2, 0) is 15.8 Å². The maximum Gasteiger partial charge on any atom is 0.416 e. The number of thioether (sulfide) groups is 1. The summed E-state index contributed by atoms with van der Waals surface area (Å²) in [4.78, 5) is 25.2. The number of benzene rings is 2. The predicted octanol–water partition coefficient (Wildman–Crippen LogP) is 4.94. The summed E-state index contributed by atoms with van der Waals surface area (Å²) >= 11 is 1.07. The number of rotatable bonds is 6. The highest BCUT2D eigenvalue weighted by atomic mass is 32.2. The van der Waals surface area contributed by atoms with Crippen LogP contribution >= 0.6 is 11.8 Å². The Morgan fingerprint density at radius 1 is 1.24 bits per heavy atom. The zero-order valence-electron chi connectivity index (χ0n) is 15.5. The van der Waals surface area contributed by atoms with Gasteiger partial charge in [0.2, 0.25) is 11.8 Å². The van der Waals surface area contributed by atoms with Crippen LogP contribution in [0.3, 0.4) is 0 Å². The lowest BCUT2D eigenvalue weighted by atomic mass is 10.1. The van der Waals surface area contributed by atoms with Crippen LogP contribution in [0.5, 0.6) is 5.75 Å². The monoisotopic (exact) mass is 424 g/mol. The van der Waals surface area contributed by atoms with Gasteiger partial charge in [-0.05, 0) is 36.8 Å². The van der Waals surface area contributed by atoms with Gasteiger partial charge in [-0.2, -0.15) is 13.2 Å². The Hall–Kier alpha value is -2.68. The number of amides is 2. The van der Waals surface area contributed by atoms with Gasteiger partial charge >= 0.3 is 6.18 Å². The van der Waals surface area contributed by atoms with Gasteiger partial charge in [-0.25, -0.2) is 0 Å². The van der Waals surface area contributed by atoms with Crippen molar-refractivity contribution in [2.45, 2.75) is 36.1 Å². The molecular weight excluding hydrogens is 405 g/mol. The number of anilines is 2. The molecule has 0 aliphatic carbocycles. The third-order valence-corrected chi connectivity index (χ3v) is 5.40. The number of carbonyl (C=O) groups is 2. The molecule has 0 radical (unpaired) electrons. The first kappa shape index (κ1) is 21.0. The van der Waals surface area contributed by atoms with Crippen LogP contribution in [0.1, 0.15) is 25.3 Å². The highest BCUT2D eigenvalue weighted by Gasteiger charge is 2.34.